The quantitative estimate of drug-likeness (QED) is 0.812. The highest BCUT2D eigenvalue weighted by atomic mass is 16.5. The van der Waals surface area contributed by atoms with Gasteiger partial charge in [0, 0.05) is 20.2 Å². The number of likely N-dealkylation sites (N-methyl/N-ethyl adjacent to an activating group) is 1. The molecule has 3 nitrogen and oxygen atoms in total. The molecule has 1 atom stereocenters. The molecule has 0 aliphatic carbocycles. The SMILES string of the molecule is CN(CCC[C@H]1CCCO1)C(=O)Cc1cccc2ccccc12. The third-order valence-corrected chi connectivity index (χ3v) is 4.69. The van der Waals surface area contributed by atoms with E-state index in [0.717, 1.165) is 31.6 Å². The van der Waals surface area contributed by atoms with Gasteiger partial charge in [0.05, 0.1) is 12.5 Å². The van der Waals surface area contributed by atoms with Crippen LogP contribution in [0.1, 0.15) is 31.2 Å². The maximum Gasteiger partial charge on any atom is 0.226 e. The van der Waals surface area contributed by atoms with Gasteiger partial charge in [-0.2, -0.15) is 0 Å². The fraction of sp³-hybridized carbons (Fsp3) is 0.450. The second-order valence-corrected chi connectivity index (χ2v) is 6.41. The van der Waals surface area contributed by atoms with Gasteiger partial charge < -0.3 is 9.64 Å². The number of carbonyl (C=O) groups excluding carboxylic acids is 1. The Labute approximate surface area is 138 Å². The van der Waals surface area contributed by atoms with E-state index in [1.54, 1.807) is 0 Å². The van der Waals surface area contributed by atoms with Crippen LogP contribution >= 0.6 is 0 Å². The van der Waals surface area contributed by atoms with Crippen LogP contribution in [0.25, 0.3) is 10.8 Å². The van der Waals surface area contributed by atoms with E-state index < -0.39 is 0 Å². The molecule has 0 spiro atoms. The number of amides is 1. The third kappa shape index (κ3) is 4.11. The van der Waals surface area contributed by atoms with Crippen LogP contribution in [-0.2, 0) is 16.0 Å². The first-order chi connectivity index (χ1) is 11.2. The standard InChI is InChI=1S/C20H25NO2/c1-21(13-5-10-18-11-6-14-23-18)20(22)15-17-9-4-8-16-7-2-3-12-19(16)17/h2-4,7-9,12,18H,5-6,10-11,13-15H2,1H3/t18-/m0/s1. The zero-order valence-electron chi connectivity index (χ0n) is 13.8. The molecule has 3 rings (SSSR count). The van der Waals surface area contributed by atoms with E-state index in [0.29, 0.717) is 12.5 Å². The van der Waals surface area contributed by atoms with Crippen LogP contribution in [0.2, 0.25) is 0 Å². The minimum absolute atomic E-state index is 0.189. The highest BCUT2D eigenvalue weighted by Gasteiger charge is 2.16. The molecule has 2 aromatic rings. The molecule has 2 aromatic carbocycles. The van der Waals surface area contributed by atoms with Crippen LogP contribution in [0.4, 0.5) is 0 Å². The molecule has 1 saturated heterocycles. The van der Waals surface area contributed by atoms with Gasteiger partial charge >= 0.3 is 0 Å². The molecule has 0 N–H and O–H groups in total. The molecule has 122 valence electrons. The van der Waals surface area contributed by atoms with E-state index in [1.165, 1.54) is 23.6 Å². The summed E-state index contributed by atoms with van der Waals surface area (Å²) in [6.45, 7) is 1.71. The predicted octanol–water partition coefficient (Wildman–Crippen LogP) is 3.80. The average Bonchev–Trinajstić information content (AvgIpc) is 3.08. The third-order valence-electron chi connectivity index (χ3n) is 4.69. The van der Waals surface area contributed by atoms with Crippen molar-refractivity contribution in [2.24, 2.45) is 0 Å². The van der Waals surface area contributed by atoms with Crippen molar-refractivity contribution >= 4 is 16.7 Å². The van der Waals surface area contributed by atoms with Gasteiger partial charge in [0.15, 0.2) is 0 Å². The van der Waals surface area contributed by atoms with Crippen molar-refractivity contribution in [2.45, 2.75) is 38.2 Å². The minimum Gasteiger partial charge on any atom is -0.378 e. The molecule has 0 unspecified atom stereocenters. The topological polar surface area (TPSA) is 29.5 Å². The van der Waals surface area contributed by atoms with E-state index in [-0.39, 0.29) is 5.91 Å². The van der Waals surface area contributed by atoms with E-state index in [1.807, 2.05) is 30.1 Å². The molecule has 0 saturated carbocycles. The maximum atomic E-state index is 12.5. The molecular formula is C20H25NO2. The predicted molar refractivity (Wildman–Crippen MR) is 93.5 cm³/mol. The van der Waals surface area contributed by atoms with E-state index in [4.69, 9.17) is 4.74 Å². The number of nitrogens with zero attached hydrogens (tertiary/aromatic N) is 1. The first kappa shape index (κ1) is 16.0. The zero-order valence-corrected chi connectivity index (χ0v) is 13.8. The number of ether oxygens (including phenoxy) is 1. The molecule has 1 amide bonds. The molecule has 1 heterocycles. The van der Waals surface area contributed by atoms with Gasteiger partial charge in [-0.3, -0.25) is 4.79 Å². The summed E-state index contributed by atoms with van der Waals surface area (Å²) in [4.78, 5) is 14.3. The van der Waals surface area contributed by atoms with Gasteiger partial charge in [-0.25, -0.2) is 0 Å². The Balaban J connectivity index is 1.54. The van der Waals surface area contributed by atoms with E-state index in [2.05, 4.69) is 24.3 Å². The largest absolute Gasteiger partial charge is 0.378 e. The summed E-state index contributed by atoms with van der Waals surface area (Å²) in [7, 11) is 1.91. The molecule has 0 radical (unpaired) electrons. The summed E-state index contributed by atoms with van der Waals surface area (Å²) in [6, 6.07) is 14.4. The van der Waals surface area contributed by atoms with Crippen molar-refractivity contribution in [3.8, 4) is 0 Å². The number of benzene rings is 2. The lowest BCUT2D eigenvalue weighted by atomic mass is 10.0. The van der Waals surface area contributed by atoms with Crippen molar-refractivity contribution in [2.75, 3.05) is 20.2 Å². The Morgan fingerprint density at radius 2 is 2.04 bits per heavy atom. The summed E-state index contributed by atoms with van der Waals surface area (Å²) >= 11 is 0. The number of hydrogen-bond donors (Lipinski definition) is 0. The van der Waals surface area contributed by atoms with Crippen LogP contribution in [0.3, 0.4) is 0 Å². The fourth-order valence-electron chi connectivity index (χ4n) is 3.30. The Hall–Kier alpha value is -1.87. The lowest BCUT2D eigenvalue weighted by Gasteiger charge is -2.19. The van der Waals surface area contributed by atoms with Gasteiger partial charge in [0.2, 0.25) is 5.91 Å². The Kier molecular flexibility index (Phi) is 5.29. The summed E-state index contributed by atoms with van der Waals surface area (Å²) in [5.41, 5.74) is 1.11. The monoisotopic (exact) mass is 311 g/mol. The Bertz CT molecular complexity index is 656. The van der Waals surface area contributed by atoms with Crippen LogP contribution in [0.5, 0.6) is 0 Å². The first-order valence-corrected chi connectivity index (χ1v) is 8.56. The van der Waals surface area contributed by atoms with E-state index >= 15 is 0 Å². The Morgan fingerprint density at radius 3 is 2.87 bits per heavy atom. The molecular weight excluding hydrogens is 286 g/mol. The van der Waals surface area contributed by atoms with Gasteiger partial charge in [-0.1, -0.05) is 42.5 Å². The summed E-state index contributed by atoms with van der Waals surface area (Å²) in [5, 5.41) is 2.37. The first-order valence-electron chi connectivity index (χ1n) is 8.56. The van der Waals surface area contributed by atoms with Crippen molar-refractivity contribution in [1.82, 2.24) is 4.90 Å². The molecule has 3 heteroatoms. The molecule has 0 aromatic heterocycles. The van der Waals surface area contributed by atoms with Crippen LogP contribution < -0.4 is 0 Å². The van der Waals surface area contributed by atoms with Crippen molar-refractivity contribution in [3.63, 3.8) is 0 Å². The average molecular weight is 311 g/mol. The molecule has 0 bridgehead atoms. The number of rotatable bonds is 6. The van der Waals surface area contributed by atoms with Crippen LogP contribution in [-0.4, -0.2) is 37.1 Å². The molecule has 23 heavy (non-hydrogen) atoms. The van der Waals surface area contributed by atoms with Gasteiger partial charge in [0.25, 0.3) is 0 Å². The Morgan fingerprint density at radius 1 is 1.22 bits per heavy atom. The maximum absolute atomic E-state index is 12.5. The highest BCUT2D eigenvalue weighted by Crippen LogP contribution is 2.20. The minimum atomic E-state index is 0.189. The highest BCUT2D eigenvalue weighted by molar-refractivity contribution is 5.90. The fourth-order valence-corrected chi connectivity index (χ4v) is 3.30. The van der Waals surface area contributed by atoms with Crippen LogP contribution in [0, 0.1) is 0 Å². The lowest BCUT2D eigenvalue weighted by Crippen LogP contribution is -2.29. The summed E-state index contributed by atoms with van der Waals surface area (Å²) < 4.78 is 5.64. The summed E-state index contributed by atoms with van der Waals surface area (Å²) in [5.74, 6) is 0.189. The normalized spacial score (nSPS) is 17.5. The van der Waals surface area contributed by atoms with Crippen molar-refractivity contribution in [3.05, 3.63) is 48.0 Å². The lowest BCUT2D eigenvalue weighted by molar-refractivity contribution is -0.129. The number of fused-ring (bicyclic) bond motifs is 1. The van der Waals surface area contributed by atoms with Gasteiger partial charge in [-0.05, 0) is 42.0 Å². The second-order valence-electron chi connectivity index (χ2n) is 6.41. The van der Waals surface area contributed by atoms with Crippen LogP contribution in [0.15, 0.2) is 42.5 Å². The zero-order chi connectivity index (χ0) is 16.1. The molecule has 1 aliphatic heterocycles. The van der Waals surface area contributed by atoms with E-state index in [9.17, 15) is 4.79 Å². The van der Waals surface area contributed by atoms with Crippen molar-refractivity contribution < 1.29 is 9.53 Å². The second kappa shape index (κ2) is 7.60. The van der Waals surface area contributed by atoms with Gasteiger partial charge in [0.1, 0.15) is 0 Å². The van der Waals surface area contributed by atoms with Gasteiger partial charge in [-0.15, -0.1) is 0 Å². The number of hydrogen-bond acceptors (Lipinski definition) is 2. The molecule has 1 aliphatic rings. The summed E-state index contributed by atoms with van der Waals surface area (Å²) in [6.07, 6.45) is 5.32. The van der Waals surface area contributed by atoms with Crippen molar-refractivity contribution in [1.29, 1.82) is 0 Å². The smallest absolute Gasteiger partial charge is 0.226 e. The number of carbonyl (C=O) groups is 1. The molecule has 1 fully saturated rings.